The highest BCUT2D eigenvalue weighted by Crippen LogP contribution is 2.43. The largest absolute Gasteiger partial charge is 0.477 e. The van der Waals surface area contributed by atoms with Crippen LogP contribution in [0, 0.1) is 10.1 Å². The number of hydrogen-bond donors (Lipinski definition) is 1. The highest BCUT2D eigenvalue weighted by Gasteiger charge is 2.44. The van der Waals surface area contributed by atoms with Crippen LogP contribution in [0.15, 0.2) is 45.8 Å². The van der Waals surface area contributed by atoms with Crippen LogP contribution in [0.4, 0.5) is 5.69 Å². The summed E-state index contributed by atoms with van der Waals surface area (Å²) in [6.07, 6.45) is 0. The number of halogens is 3. The number of para-hydroxylation sites is 1. The maximum atomic E-state index is 13.3. The van der Waals surface area contributed by atoms with Crippen molar-refractivity contribution in [3.63, 3.8) is 0 Å². The molecule has 0 spiro atoms. The number of carboxylic acids is 1. The SMILES string of the molecule is CN(C(C)(C)c1onc(-c2c(Cl)cc(Cl)cc2Cl)c1C(=O)O)S(=O)(=O)c1ccccc1[N+](=O)[O-]. The van der Waals surface area contributed by atoms with Gasteiger partial charge in [-0.1, -0.05) is 52.1 Å². The molecule has 0 saturated heterocycles. The van der Waals surface area contributed by atoms with Crippen LogP contribution < -0.4 is 0 Å². The molecule has 0 aliphatic heterocycles. The molecule has 1 aromatic heterocycles. The maximum absolute atomic E-state index is 13.3. The van der Waals surface area contributed by atoms with Gasteiger partial charge in [-0.15, -0.1) is 0 Å². The van der Waals surface area contributed by atoms with Crippen molar-refractivity contribution in [2.24, 2.45) is 0 Å². The molecule has 0 atom stereocenters. The minimum atomic E-state index is -4.50. The molecule has 0 aliphatic rings. The molecule has 1 N–H and O–H groups in total. The van der Waals surface area contributed by atoms with Crippen LogP contribution in [-0.2, 0) is 15.6 Å². The third-order valence-corrected chi connectivity index (χ3v) is 8.09. The fourth-order valence-corrected chi connectivity index (χ4v) is 5.89. The summed E-state index contributed by atoms with van der Waals surface area (Å²) in [5.74, 6) is -1.83. The van der Waals surface area contributed by atoms with Crippen molar-refractivity contribution < 1.29 is 27.8 Å². The first-order chi connectivity index (χ1) is 15.7. The lowest BCUT2D eigenvalue weighted by atomic mass is 9.95. The van der Waals surface area contributed by atoms with E-state index in [1.807, 2.05) is 0 Å². The van der Waals surface area contributed by atoms with Gasteiger partial charge in [0.15, 0.2) is 10.7 Å². The Hall–Kier alpha value is -2.70. The van der Waals surface area contributed by atoms with Gasteiger partial charge in [0.2, 0.25) is 0 Å². The molecular weight excluding hydrogens is 533 g/mol. The monoisotopic (exact) mass is 547 g/mol. The quantitative estimate of drug-likeness (QED) is 0.302. The van der Waals surface area contributed by atoms with E-state index in [0.717, 1.165) is 23.5 Å². The van der Waals surface area contributed by atoms with Crippen molar-refractivity contribution in [1.29, 1.82) is 0 Å². The average molecular weight is 549 g/mol. The first-order valence-corrected chi connectivity index (χ1v) is 11.9. The van der Waals surface area contributed by atoms with E-state index in [0.29, 0.717) is 0 Å². The maximum Gasteiger partial charge on any atom is 0.341 e. The molecule has 10 nitrogen and oxygen atoms in total. The second kappa shape index (κ2) is 9.16. The number of nitrogens with zero attached hydrogens (tertiary/aromatic N) is 3. The molecule has 0 unspecified atom stereocenters. The fourth-order valence-electron chi connectivity index (χ4n) is 3.26. The molecule has 3 rings (SSSR count). The molecule has 0 aliphatic carbocycles. The normalized spacial score (nSPS) is 12.2. The molecule has 3 aromatic rings. The number of nitro benzene ring substituents is 1. The molecule has 0 radical (unpaired) electrons. The second-order valence-corrected chi connectivity index (χ2v) is 10.7. The van der Waals surface area contributed by atoms with E-state index in [2.05, 4.69) is 5.16 Å². The van der Waals surface area contributed by atoms with Crippen molar-refractivity contribution in [3.05, 3.63) is 72.9 Å². The predicted octanol–water partition coefficient (Wildman–Crippen LogP) is 5.46. The first kappa shape index (κ1) is 25.9. The number of carbonyl (C=O) groups is 1. The van der Waals surface area contributed by atoms with Crippen molar-refractivity contribution in [2.75, 3.05) is 7.05 Å². The van der Waals surface area contributed by atoms with Gasteiger partial charge in [-0.2, -0.15) is 4.31 Å². The molecule has 34 heavy (non-hydrogen) atoms. The minimum absolute atomic E-state index is 0.00135. The van der Waals surface area contributed by atoms with E-state index in [-0.39, 0.29) is 32.1 Å². The summed E-state index contributed by atoms with van der Waals surface area (Å²) < 4.78 is 32.8. The van der Waals surface area contributed by atoms with E-state index in [1.54, 1.807) is 0 Å². The van der Waals surface area contributed by atoms with Gasteiger partial charge in [-0.3, -0.25) is 10.1 Å². The lowest BCUT2D eigenvalue weighted by molar-refractivity contribution is -0.387. The van der Waals surface area contributed by atoms with Gasteiger partial charge < -0.3 is 9.63 Å². The van der Waals surface area contributed by atoms with Gasteiger partial charge in [-0.05, 0) is 32.0 Å². The van der Waals surface area contributed by atoms with Gasteiger partial charge in [-0.25, -0.2) is 13.2 Å². The molecule has 1 heterocycles. The van der Waals surface area contributed by atoms with E-state index >= 15 is 0 Å². The number of sulfonamides is 1. The Morgan fingerprint density at radius 2 is 1.74 bits per heavy atom. The van der Waals surface area contributed by atoms with Gasteiger partial charge in [0.25, 0.3) is 15.7 Å². The van der Waals surface area contributed by atoms with Gasteiger partial charge in [0.05, 0.1) is 20.5 Å². The number of nitro groups is 1. The highest BCUT2D eigenvalue weighted by molar-refractivity contribution is 7.89. The Bertz CT molecular complexity index is 1400. The van der Waals surface area contributed by atoms with Crippen molar-refractivity contribution in [2.45, 2.75) is 24.3 Å². The van der Waals surface area contributed by atoms with Crippen molar-refractivity contribution >= 4 is 56.5 Å². The zero-order valence-electron chi connectivity index (χ0n) is 17.7. The fraction of sp³-hybridized carbons (Fsp3) is 0.200. The summed E-state index contributed by atoms with van der Waals surface area (Å²) in [6.45, 7) is 2.72. The summed E-state index contributed by atoms with van der Waals surface area (Å²) in [7, 11) is -3.36. The van der Waals surface area contributed by atoms with Crippen LogP contribution >= 0.6 is 34.8 Å². The predicted molar refractivity (Wildman–Crippen MR) is 125 cm³/mol. The number of aromatic nitrogens is 1. The number of hydrogen-bond acceptors (Lipinski definition) is 7. The number of aromatic carboxylic acids is 1. The summed E-state index contributed by atoms with van der Waals surface area (Å²) in [6, 6.07) is 7.46. The Balaban J connectivity index is 2.21. The summed E-state index contributed by atoms with van der Waals surface area (Å²) in [5.41, 5.74) is -3.01. The molecule has 14 heteroatoms. The molecule has 0 fully saturated rings. The zero-order valence-corrected chi connectivity index (χ0v) is 20.8. The van der Waals surface area contributed by atoms with Crippen LogP contribution in [0.5, 0.6) is 0 Å². The summed E-state index contributed by atoms with van der Waals surface area (Å²) >= 11 is 18.4. The van der Waals surface area contributed by atoms with Crippen LogP contribution in [0.1, 0.15) is 30.0 Å². The lowest BCUT2D eigenvalue weighted by Crippen LogP contribution is -2.43. The lowest BCUT2D eigenvalue weighted by Gasteiger charge is -2.32. The Labute approximate surface area is 208 Å². The van der Waals surface area contributed by atoms with Crippen molar-refractivity contribution in [1.82, 2.24) is 9.46 Å². The van der Waals surface area contributed by atoms with Crippen LogP contribution in [-0.4, -0.2) is 40.9 Å². The molecule has 0 saturated carbocycles. The van der Waals surface area contributed by atoms with Crippen LogP contribution in [0.25, 0.3) is 11.3 Å². The molecular formula is C20H16Cl3N3O7S. The van der Waals surface area contributed by atoms with E-state index in [9.17, 15) is 28.4 Å². The first-order valence-electron chi connectivity index (χ1n) is 9.32. The molecule has 180 valence electrons. The number of benzene rings is 2. The van der Waals surface area contributed by atoms with Crippen LogP contribution in [0.3, 0.4) is 0 Å². The Morgan fingerprint density at radius 3 is 2.26 bits per heavy atom. The third kappa shape index (κ3) is 4.37. The van der Waals surface area contributed by atoms with Gasteiger partial charge in [0, 0.05) is 23.7 Å². The summed E-state index contributed by atoms with van der Waals surface area (Å²) in [4.78, 5) is 22.2. The van der Waals surface area contributed by atoms with Gasteiger partial charge >= 0.3 is 5.97 Å². The van der Waals surface area contributed by atoms with Gasteiger partial charge in [0.1, 0.15) is 11.3 Å². The smallest absolute Gasteiger partial charge is 0.341 e. The van der Waals surface area contributed by atoms with E-state index in [1.165, 1.54) is 38.1 Å². The second-order valence-electron chi connectivity index (χ2n) is 7.54. The van der Waals surface area contributed by atoms with Crippen LogP contribution in [0.2, 0.25) is 15.1 Å². The molecule has 2 aromatic carbocycles. The number of rotatable bonds is 7. The highest BCUT2D eigenvalue weighted by atomic mass is 35.5. The summed E-state index contributed by atoms with van der Waals surface area (Å²) in [5, 5.41) is 25.3. The average Bonchev–Trinajstić information content (AvgIpc) is 3.18. The minimum Gasteiger partial charge on any atom is -0.477 e. The molecule has 0 amide bonds. The topological polar surface area (TPSA) is 144 Å². The number of carboxylic acid groups (broad SMARTS) is 1. The zero-order chi connectivity index (χ0) is 25.6. The van der Waals surface area contributed by atoms with E-state index in [4.69, 9.17) is 39.3 Å². The standard InChI is InChI=1S/C20H16Cl3N3O7S/c1-20(2,25(3)34(31,32)14-7-5-4-6-13(14)26(29)30)18-16(19(27)28)17(24-33-18)15-11(22)8-10(21)9-12(15)23/h4-9H,1-3H3,(H,27,28). The van der Waals surface area contributed by atoms with Crippen molar-refractivity contribution in [3.8, 4) is 11.3 Å². The Morgan fingerprint density at radius 1 is 1.18 bits per heavy atom. The third-order valence-electron chi connectivity index (χ3n) is 5.19. The Kier molecular flexibility index (Phi) is 6.98. The molecule has 0 bridgehead atoms. The van der Waals surface area contributed by atoms with E-state index < -0.39 is 42.6 Å².